The maximum absolute atomic E-state index is 13.8. The molecule has 1 aliphatic carbocycles. The Bertz CT molecular complexity index is 505. The molecule has 1 atom stereocenters. The molecule has 1 aromatic carbocycles. The summed E-state index contributed by atoms with van der Waals surface area (Å²) in [6, 6.07) is 4.23. The van der Waals surface area contributed by atoms with Gasteiger partial charge in [-0.2, -0.15) is 0 Å². The number of benzene rings is 1. The van der Waals surface area contributed by atoms with E-state index in [0.717, 1.165) is 37.7 Å². The summed E-state index contributed by atoms with van der Waals surface area (Å²) in [5.74, 6) is -0.108. The average Bonchev–Trinajstić information content (AvgIpc) is 3.21. The van der Waals surface area contributed by atoms with E-state index in [4.69, 9.17) is 10.5 Å². The van der Waals surface area contributed by atoms with E-state index in [1.165, 1.54) is 18.9 Å². The summed E-state index contributed by atoms with van der Waals surface area (Å²) < 4.78 is 19.2. The van der Waals surface area contributed by atoms with E-state index in [0.29, 0.717) is 18.3 Å². The fraction of sp³-hybridized carbons (Fsp3) is 0.625. The SMILES string of the molecule is CCCOc1cc(NC2CCN(C3CC3)C2)c(N)cc1F. The molecule has 3 rings (SSSR count). The second kappa shape index (κ2) is 6.10. The van der Waals surface area contributed by atoms with Gasteiger partial charge in [0.15, 0.2) is 11.6 Å². The highest BCUT2D eigenvalue weighted by Crippen LogP contribution is 2.33. The molecule has 1 saturated heterocycles. The molecule has 21 heavy (non-hydrogen) atoms. The van der Waals surface area contributed by atoms with Gasteiger partial charge in [0.25, 0.3) is 0 Å². The van der Waals surface area contributed by atoms with Gasteiger partial charge in [0, 0.05) is 37.3 Å². The summed E-state index contributed by atoms with van der Waals surface area (Å²) >= 11 is 0. The standard InChI is InChI=1S/C16H24FN3O/c1-2-7-21-16-9-15(14(18)8-13(16)17)19-11-5-6-20(10-11)12-3-4-12/h8-9,11-12,19H,2-7,10,18H2,1H3. The summed E-state index contributed by atoms with van der Waals surface area (Å²) in [4.78, 5) is 2.53. The van der Waals surface area contributed by atoms with Gasteiger partial charge in [0.2, 0.25) is 0 Å². The molecule has 5 heteroatoms. The van der Waals surface area contributed by atoms with E-state index in [9.17, 15) is 4.39 Å². The molecule has 0 bridgehead atoms. The first kappa shape index (κ1) is 14.4. The highest BCUT2D eigenvalue weighted by molar-refractivity contribution is 5.69. The molecule has 0 spiro atoms. The Balaban J connectivity index is 1.66. The van der Waals surface area contributed by atoms with Gasteiger partial charge < -0.3 is 15.8 Å². The van der Waals surface area contributed by atoms with Crippen LogP contribution in [0.5, 0.6) is 5.75 Å². The molecule has 1 heterocycles. The van der Waals surface area contributed by atoms with Gasteiger partial charge in [-0.1, -0.05) is 6.92 Å². The molecule has 116 valence electrons. The fourth-order valence-electron chi connectivity index (χ4n) is 2.91. The minimum Gasteiger partial charge on any atom is -0.490 e. The summed E-state index contributed by atoms with van der Waals surface area (Å²) in [6.45, 7) is 4.70. The van der Waals surface area contributed by atoms with Crippen LogP contribution in [0, 0.1) is 5.82 Å². The zero-order valence-electron chi connectivity index (χ0n) is 12.6. The Labute approximate surface area is 125 Å². The number of hydrogen-bond acceptors (Lipinski definition) is 4. The number of hydrogen-bond donors (Lipinski definition) is 2. The molecule has 4 nitrogen and oxygen atoms in total. The maximum atomic E-state index is 13.8. The van der Waals surface area contributed by atoms with Crippen molar-refractivity contribution in [3.63, 3.8) is 0 Å². The Kier molecular flexibility index (Phi) is 4.19. The molecular formula is C16H24FN3O. The predicted molar refractivity (Wildman–Crippen MR) is 83.2 cm³/mol. The lowest BCUT2D eigenvalue weighted by atomic mass is 10.2. The average molecular weight is 293 g/mol. The number of ether oxygens (including phenoxy) is 1. The Morgan fingerprint density at radius 3 is 2.90 bits per heavy atom. The van der Waals surface area contributed by atoms with Crippen LogP contribution >= 0.6 is 0 Å². The largest absolute Gasteiger partial charge is 0.490 e. The van der Waals surface area contributed by atoms with Gasteiger partial charge in [-0.25, -0.2) is 4.39 Å². The highest BCUT2D eigenvalue weighted by atomic mass is 19.1. The Morgan fingerprint density at radius 2 is 2.19 bits per heavy atom. The Morgan fingerprint density at radius 1 is 1.38 bits per heavy atom. The maximum Gasteiger partial charge on any atom is 0.167 e. The van der Waals surface area contributed by atoms with Gasteiger partial charge >= 0.3 is 0 Å². The van der Waals surface area contributed by atoms with Gasteiger partial charge in [-0.3, -0.25) is 4.90 Å². The van der Waals surface area contributed by atoms with Gasteiger partial charge in [-0.15, -0.1) is 0 Å². The van der Waals surface area contributed by atoms with Crippen molar-refractivity contribution in [3.05, 3.63) is 17.9 Å². The first-order chi connectivity index (χ1) is 10.2. The fourth-order valence-corrected chi connectivity index (χ4v) is 2.91. The van der Waals surface area contributed by atoms with E-state index in [1.807, 2.05) is 6.92 Å². The number of nitrogens with one attached hydrogen (secondary N) is 1. The first-order valence-corrected chi connectivity index (χ1v) is 7.89. The van der Waals surface area contributed by atoms with E-state index < -0.39 is 5.82 Å². The summed E-state index contributed by atoms with van der Waals surface area (Å²) in [5, 5.41) is 3.45. The number of likely N-dealkylation sites (tertiary alicyclic amines) is 1. The van der Waals surface area contributed by atoms with E-state index in [1.54, 1.807) is 6.07 Å². The third-order valence-electron chi connectivity index (χ3n) is 4.21. The molecule has 2 fully saturated rings. The third kappa shape index (κ3) is 3.40. The second-order valence-corrected chi connectivity index (χ2v) is 6.07. The van der Waals surface area contributed by atoms with Crippen molar-refractivity contribution >= 4 is 11.4 Å². The van der Waals surface area contributed by atoms with Crippen LogP contribution in [-0.4, -0.2) is 36.7 Å². The number of anilines is 2. The Hall–Kier alpha value is -1.49. The minimum atomic E-state index is -0.391. The van der Waals surface area contributed by atoms with Gasteiger partial charge in [0.1, 0.15) is 0 Å². The first-order valence-electron chi connectivity index (χ1n) is 7.89. The predicted octanol–water partition coefficient (Wildman–Crippen LogP) is 2.85. The van der Waals surface area contributed by atoms with Crippen LogP contribution in [0.4, 0.5) is 15.8 Å². The highest BCUT2D eigenvalue weighted by Gasteiger charge is 2.34. The van der Waals surface area contributed by atoms with Crippen molar-refractivity contribution < 1.29 is 9.13 Å². The smallest absolute Gasteiger partial charge is 0.167 e. The number of nitrogens with two attached hydrogens (primary N) is 1. The van der Waals surface area contributed by atoms with Crippen LogP contribution in [0.1, 0.15) is 32.6 Å². The van der Waals surface area contributed by atoms with Crippen LogP contribution < -0.4 is 15.8 Å². The van der Waals surface area contributed by atoms with Crippen LogP contribution in [-0.2, 0) is 0 Å². The molecule has 2 aliphatic rings. The molecule has 0 radical (unpaired) electrons. The molecule has 1 aliphatic heterocycles. The zero-order valence-corrected chi connectivity index (χ0v) is 12.6. The quantitative estimate of drug-likeness (QED) is 0.792. The van der Waals surface area contributed by atoms with Crippen LogP contribution in [0.15, 0.2) is 12.1 Å². The second-order valence-electron chi connectivity index (χ2n) is 6.07. The minimum absolute atomic E-state index is 0.283. The van der Waals surface area contributed by atoms with E-state index in [-0.39, 0.29) is 5.75 Å². The number of nitrogens with zero attached hydrogens (tertiary/aromatic N) is 1. The number of halogens is 1. The molecule has 1 unspecified atom stereocenters. The van der Waals surface area contributed by atoms with Crippen molar-refractivity contribution in [2.45, 2.75) is 44.7 Å². The molecule has 1 aromatic rings. The molecule has 3 N–H and O–H groups in total. The molecule has 0 aromatic heterocycles. The molecular weight excluding hydrogens is 269 g/mol. The normalized spacial score (nSPS) is 22.5. The van der Waals surface area contributed by atoms with Crippen LogP contribution in [0.3, 0.4) is 0 Å². The van der Waals surface area contributed by atoms with Gasteiger partial charge in [0.05, 0.1) is 18.0 Å². The monoisotopic (exact) mass is 293 g/mol. The van der Waals surface area contributed by atoms with Crippen molar-refractivity contribution in [3.8, 4) is 5.75 Å². The van der Waals surface area contributed by atoms with Crippen molar-refractivity contribution in [1.82, 2.24) is 4.90 Å². The van der Waals surface area contributed by atoms with E-state index >= 15 is 0 Å². The topological polar surface area (TPSA) is 50.5 Å². The molecule has 0 amide bonds. The summed E-state index contributed by atoms with van der Waals surface area (Å²) in [6.07, 6.45) is 4.63. The van der Waals surface area contributed by atoms with E-state index in [2.05, 4.69) is 10.2 Å². The summed E-state index contributed by atoms with van der Waals surface area (Å²) in [7, 11) is 0. The van der Waals surface area contributed by atoms with Crippen molar-refractivity contribution in [1.29, 1.82) is 0 Å². The summed E-state index contributed by atoms with van der Waals surface area (Å²) in [5.41, 5.74) is 7.16. The third-order valence-corrected chi connectivity index (χ3v) is 4.21. The van der Waals surface area contributed by atoms with Crippen molar-refractivity contribution in [2.75, 3.05) is 30.7 Å². The lowest BCUT2D eigenvalue weighted by Crippen LogP contribution is -2.28. The molecule has 1 saturated carbocycles. The van der Waals surface area contributed by atoms with Gasteiger partial charge in [-0.05, 0) is 25.7 Å². The number of nitrogen functional groups attached to an aromatic ring is 1. The van der Waals surface area contributed by atoms with Crippen LogP contribution in [0.2, 0.25) is 0 Å². The lowest BCUT2D eigenvalue weighted by Gasteiger charge is -2.19. The number of rotatable bonds is 6. The lowest BCUT2D eigenvalue weighted by molar-refractivity contribution is 0.301. The van der Waals surface area contributed by atoms with Crippen LogP contribution in [0.25, 0.3) is 0 Å². The zero-order chi connectivity index (χ0) is 14.8. The van der Waals surface area contributed by atoms with Crippen molar-refractivity contribution in [2.24, 2.45) is 0 Å².